The minimum Gasteiger partial charge on any atom is -0.372 e. The number of methoxy groups -OCH3 is 1. The van der Waals surface area contributed by atoms with Gasteiger partial charge in [-0.2, -0.15) is 0 Å². The summed E-state index contributed by atoms with van der Waals surface area (Å²) >= 11 is 6.10. The second-order valence-corrected chi connectivity index (χ2v) is 8.12. The van der Waals surface area contributed by atoms with Crippen molar-refractivity contribution in [1.29, 1.82) is 0 Å². The lowest BCUT2D eigenvalue weighted by atomic mass is 10.1. The van der Waals surface area contributed by atoms with E-state index in [1.807, 2.05) is 13.0 Å². The van der Waals surface area contributed by atoms with E-state index in [0.29, 0.717) is 17.4 Å². The molecule has 4 heteroatoms. The van der Waals surface area contributed by atoms with E-state index in [4.69, 9.17) is 16.3 Å². The maximum atomic E-state index is 12.5. The second-order valence-electron chi connectivity index (χ2n) is 4.46. The van der Waals surface area contributed by atoms with Crippen LogP contribution in [0.2, 0.25) is 0 Å². The normalized spacial score (nSPS) is 36.4. The maximum absolute atomic E-state index is 12.5. The topological polar surface area (TPSA) is 26.3 Å². The number of hydrogen-bond acceptors (Lipinski definition) is 2. The lowest BCUT2D eigenvalue weighted by Crippen LogP contribution is -2.35. The molecule has 0 N–H and O–H groups in total. The van der Waals surface area contributed by atoms with Gasteiger partial charge in [0.05, 0.1) is 7.14 Å². The predicted molar refractivity (Wildman–Crippen MR) is 66.5 cm³/mol. The van der Waals surface area contributed by atoms with Crippen molar-refractivity contribution in [3.8, 4) is 0 Å². The SMILES string of the molecule is CCCC[P@@]1(=O)CC=C(Cl)[C@@](C)(OC)C1. The average Bonchev–Trinajstić information content (AvgIpc) is 2.22. The van der Waals surface area contributed by atoms with Crippen LogP contribution in [0.3, 0.4) is 0 Å². The molecule has 1 rings (SSSR count). The fraction of sp³-hybridized carbons (Fsp3) is 0.818. The van der Waals surface area contributed by atoms with Crippen LogP contribution in [-0.4, -0.2) is 31.2 Å². The molecule has 15 heavy (non-hydrogen) atoms. The van der Waals surface area contributed by atoms with Gasteiger partial charge in [0.2, 0.25) is 0 Å². The Morgan fingerprint density at radius 1 is 1.67 bits per heavy atom. The van der Waals surface area contributed by atoms with Gasteiger partial charge in [-0.3, -0.25) is 0 Å². The smallest absolute Gasteiger partial charge is 0.107 e. The third-order valence-corrected chi connectivity index (χ3v) is 6.78. The summed E-state index contributed by atoms with van der Waals surface area (Å²) in [5.74, 6) is 0. The van der Waals surface area contributed by atoms with Gasteiger partial charge in [0, 0.05) is 30.6 Å². The van der Waals surface area contributed by atoms with Gasteiger partial charge in [0.1, 0.15) is 5.60 Å². The zero-order chi connectivity index (χ0) is 11.5. The van der Waals surface area contributed by atoms with E-state index in [-0.39, 0.29) is 0 Å². The highest BCUT2D eigenvalue weighted by Crippen LogP contribution is 2.54. The predicted octanol–water partition coefficient (Wildman–Crippen LogP) is 3.69. The third-order valence-electron chi connectivity index (χ3n) is 3.07. The fourth-order valence-corrected chi connectivity index (χ4v) is 5.63. The second kappa shape index (κ2) is 5.03. The van der Waals surface area contributed by atoms with E-state index in [0.717, 1.165) is 19.0 Å². The summed E-state index contributed by atoms with van der Waals surface area (Å²) in [5.41, 5.74) is -0.525. The van der Waals surface area contributed by atoms with Crippen molar-refractivity contribution in [2.24, 2.45) is 0 Å². The number of halogens is 1. The Labute approximate surface area is 97.4 Å². The third kappa shape index (κ3) is 3.09. The van der Waals surface area contributed by atoms with Crippen molar-refractivity contribution in [2.75, 3.05) is 25.6 Å². The highest BCUT2D eigenvalue weighted by molar-refractivity contribution is 7.64. The largest absolute Gasteiger partial charge is 0.372 e. The summed E-state index contributed by atoms with van der Waals surface area (Å²) in [7, 11) is -0.461. The molecular weight excluding hydrogens is 231 g/mol. The Kier molecular flexibility index (Phi) is 4.46. The summed E-state index contributed by atoms with van der Waals surface area (Å²) in [4.78, 5) is 0. The van der Waals surface area contributed by atoms with Gasteiger partial charge in [-0.15, -0.1) is 0 Å². The van der Waals surface area contributed by atoms with Crippen molar-refractivity contribution in [3.05, 3.63) is 11.1 Å². The lowest BCUT2D eigenvalue weighted by Gasteiger charge is -2.35. The minimum atomic E-state index is -2.09. The van der Waals surface area contributed by atoms with Gasteiger partial charge in [0.15, 0.2) is 0 Å². The summed E-state index contributed by atoms with van der Waals surface area (Å²) in [6.45, 7) is 4.04. The number of allylic oxidation sites excluding steroid dienone is 1. The van der Waals surface area contributed by atoms with E-state index in [1.54, 1.807) is 7.11 Å². The van der Waals surface area contributed by atoms with Gasteiger partial charge >= 0.3 is 0 Å². The molecule has 0 saturated heterocycles. The van der Waals surface area contributed by atoms with Crippen LogP contribution in [0.1, 0.15) is 26.7 Å². The van der Waals surface area contributed by atoms with Crippen molar-refractivity contribution in [1.82, 2.24) is 0 Å². The molecule has 2 atom stereocenters. The molecule has 1 aliphatic heterocycles. The first-order valence-corrected chi connectivity index (χ1v) is 8.08. The Balaban J connectivity index is 2.79. The zero-order valence-electron chi connectivity index (χ0n) is 9.75. The standard InChI is InChI=1S/C11H20ClO2P/c1-4-5-7-15(13)8-6-10(12)11(2,9-15)14-3/h6H,4-5,7-9H2,1-3H3/t11-,15+/m0/s1. The number of hydrogen-bond donors (Lipinski definition) is 0. The molecule has 0 saturated carbocycles. The van der Waals surface area contributed by atoms with Crippen molar-refractivity contribution >= 4 is 18.7 Å². The van der Waals surface area contributed by atoms with Crippen LogP contribution >= 0.6 is 18.7 Å². The number of rotatable bonds is 4. The van der Waals surface area contributed by atoms with E-state index >= 15 is 0 Å². The first-order valence-electron chi connectivity index (χ1n) is 5.44. The quantitative estimate of drug-likeness (QED) is 0.712. The summed E-state index contributed by atoms with van der Waals surface area (Å²) in [5, 5.41) is 0.702. The van der Waals surface area contributed by atoms with Crippen molar-refractivity contribution in [2.45, 2.75) is 32.3 Å². The van der Waals surface area contributed by atoms with Crippen LogP contribution in [0.5, 0.6) is 0 Å². The van der Waals surface area contributed by atoms with Crippen molar-refractivity contribution < 1.29 is 9.30 Å². The maximum Gasteiger partial charge on any atom is 0.107 e. The minimum absolute atomic E-state index is 0.525. The van der Waals surface area contributed by atoms with Gasteiger partial charge in [-0.25, -0.2) is 0 Å². The Hall–Kier alpha value is 0.220. The summed E-state index contributed by atoms with van der Waals surface area (Å²) < 4.78 is 17.9. The van der Waals surface area contributed by atoms with Gasteiger partial charge in [-0.05, 0) is 13.3 Å². The Bertz CT molecular complexity index is 301. The molecule has 0 aromatic heterocycles. The first-order chi connectivity index (χ1) is 6.96. The first kappa shape index (κ1) is 13.3. The number of unbranched alkanes of at least 4 members (excludes halogenated alkanes) is 1. The lowest BCUT2D eigenvalue weighted by molar-refractivity contribution is 0.0627. The van der Waals surface area contributed by atoms with Crippen LogP contribution in [0.15, 0.2) is 11.1 Å². The Morgan fingerprint density at radius 3 is 2.87 bits per heavy atom. The molecule has 2 nitrogen and oxygen atoms in total. The molecule has 1 aliphatic rings. The van der Waals surface area contributed by atoms with E-state index in [9.17, 15) is 4.57 Å². The summed E-state index contributed by atoms with van der Waals surface area (Å²) in [6.07, 6.45) is 6.05. The molecule has 1 heterocycles. The monoisotopic (exact) mass is 250 g/mol. The zero-order valence-corrected chi connectivity index (χ0v) is 11.4. The fourth-order valence-electron chi connectivity index (χ4n) is 1.93. The van der Waals surface area contributed by atoms with E-state index < -0.39 is 12.7 Å². The molecule has 0 amide bonds. The van der Waals surface area contributed by atoms with Gasteiger partial charge < -0.3 is 9.30 Å². The van der Waals surface area contributed by atoms with Gasteiger partial charge in [0.25, 0.3) is 0 Å². The number of ether oxygens (including phenoxy) is 1. The Morgan fingerprint density at radius 2 is 2.33 bits per heavy atom. The average molecular weight is 251 g/mol. The molecular formula is C11H20ClO2P. The van der Waals surface area contributed by atoms with Crippen LogP contribution in [0, 0.1) is 0 Å². The van der Waals surface area contributed by atoms with E-state index in [1.165, 1.54) is 0 Å². The van der Waals surface area contributed by atoms with Crippen LogP contribution in [0.25, 0.3) is 0 Å². The highest BCUT2D eigenvalue weighted by atomic mass is 35.5. The highest BCUT2D eigenvalue weighted by Gasteiger charge is 2.39. The molecule has 0 radical (unpaired) electrons. The van der Waals surface area contributed by atoms with Gasteiger partial charge in [-0.1, -0.05) is 31.0 Å². The molecule has 88 valence electrons. The summed E-state index contributed by atoms with van der Waals surface area (Å²) in [6, 6.07) is 0. The molecule has 0 aromatic carbocycles. The molecule has 0 bridgehead atoms. The molecule has 0 aliphatic carbocycles. The van der Waals surface area contributed by atoms with Crippen LogP contribution in [0.4, 0.5) is 0 Å². The van der Waals surface area contributed by atoms with Crippen LogP contribution in [-0.2, 0) is 9.30 Å². The van der Waals surface area contributed by atoms with Crippen LogP contribution < -0.4 is 0 Å². The molecule has 0 unspecified atom stereocenters. The van der Waals surface area contributed by atoms with Crippen molar-refractivity contribution in [3.63, 3.8) is 0 Å². The molecule has 0 fully saturated rings. The molecule has 0 spiro atoms. The van der Waals surface area contributed by atoms with E-state index in [2.05, 4.69) is 6.92 Å². The molecule has 0 aromatic rings.